The summed E-state index contributed by atoms with van der Waals surface area (Å²) in [4.78, 5) is 11.1. The van der Waals surface area contributed by atoms with Crippen LogP contribution >= 0.6 is 0 Å². The lowest BCUT2D eigenvalue weighted by atomic mass is 9.91. The molecule has 1 fully saturated rings. The van der Waals surface area contributed by atoms with Crippen LogP contribution in [0.3, 0.4) is 0 Å². The summed E-state index contributed by atoms with van der Waals surface area (Å²) in [6.07, 6.45) is 1.60. The quantitative estimate of drug-likeness (QED) is 0.625. The first kappa shape index (κ1) is 20.4. The molecule has 1 unspecified atom stereocenters. The van der Waals surface area contributed by atoms with Crippen molar-refractivity contribution in [1.29, 1.82) is 0 Å². The van der Waals surface area contributed by atoms with Crippen molar-refractivity contribution >= 4 is 35.7 Å². The molecule has 4 rings (SSSR count). The second-order valence-electron chi connectivity index (χ2n) is 7.73. The van der Waals surface area contributed by atoms with Crippen molar-refractivity contribution in [2.24, 2.45) is 0 Å². The molecule has 0 radical (unpaired) electrons. The lowest BCUT2D eigenvalue weighted by Gasteiger charge is -2.30. The summed E-state index contributed by atoms with van der Waals surface area (Å²) < 4.78 is 17.4. The van der Waals surface area contributed by atoms with E-state index in [4.69, 9.17) is 14.2 Å². The Balaban J connectivity index is 1.59. The van der Waals surface area contributed by atoms with E-state index in [1.54, 1.807) is 13.4 Å². The highest BCUT2D eigenvalue weighted by Crippen LogP contribution is 2.35. The van der Waals surface area contributed by atoms with Gasteiger partial charge in [0.2, 0.25) is 0 Å². The maximum Gasteiger partial charge on any atom is 0.163 e. The Labute approximate surface area is 177 Å². The van der Waals surface area contributed by atoms with Crippen molar-refractivity contribution in [2.75, 3.05) is 45.8 Å². The minimum Gasteiger partial charge on any atom is -0.493 e. The molecule has 0 saturated carbocycles. The van der Waals surface area contributed by atoms with Gasteiger partial charge in [-0.2, -0.15) is 0 Å². The zero-order valence-corrected chi connectivity index (χ0v) is 17.9. The van der Waals surface area contributed by atoms with Crippen LogP contribution in [0.15, 0.2) is 36.7 Å². The van der Waals surface area contributed by atoms with Gasteiger partial charge in [-0.25, -0.2) is 9.97 Å². The number of aryl methyl sites for hydroxylation is 1. The van der Waals surface area contributed by atoms with E-state index >= 15 is 0 Å². The first-order valence-electron chi connectivity index (χ1n) is 10.1. The zero-order valence-electron chi connectivity index (χ0n) is 17.9. The van der Waals surface area contributed by atoms with Crippen LogP contribution in [0.4, 0.5) is 11.5 Å². The minimum atomic E-state index is 0.0385. The third kappa shape index (κ3) is 4.50. The Bertz CT molecular complexity index is 1050. The van der Waals surface area contributed by atoms with Gasteiger partial charge in [0.1, 0.15) is 32.7 Å². The van der Waals surface area contributed by atoms with E-state index < -0.39 is 0 Å². The summed E-state index contributed by atoms with van der Waals surface area (Å²) >= 11 is 0. The second-order valence-corrected chi connectivity index (χ2v) is 7.73. The van der Waals surface area contributed by atoms with Crippen LogP contribution in [-0.2, 0) is 4.74 Å². The van der Waals surface area contributed by atoms with Crippen LogP contribution < -0.4 is 20.3 Å². The fraction of sp³-hybridized carbons (Fsp3) is 0.364. The molecule has 2 heterocycles. The maximum absolute atomic E-state index is 6.05. The summed E-state index contributed by atoms with van der Waals surface area (Å²) in [6, 6.07) is 10.1. The predicted molar refractivity (Wildman–Crippen MR) is 121 cm³/mol. The third-order valence-corrected chi connectivity index (χ3v) is 5.46. The van der Waals surface area contributed by atoms with E-state index in [2.05, 4.69) is 54.1 Å². The summed E-state index contributed by atoms with van der Waals surface area (Å²) in [6.45, 7) is 5.08. The number of nitrogens with zero attached hydrogens (tertiary/aromatic N) is 3. The number of methoxy groups -OCH3 is 1. The van der Waals surface area contributed by atoms with E-state index in [0.29, 0.717) is 18.1 Å². The maximum atomic E-state index is 6.05. The fourth-order valence-electron chi connectivity index (χ4n) is 3.54. The molecule has 7 nitrogen and oxygen atoms in total. The van der Waals surface area contributed by atoms with Gasteiger partial charge >= 0.3 is 0 Å². The van der Waals surface area contributed by atoms with Gasteiger partial charge in [0.25, 0.3) is 0 Å². The number of ether oxygens (including phenoxy) is 3. The van der Waals surface area contributed by atoms with Crippen LogP contribution in [0.25, 0.3) is 10.9 Å². The van der Waals surface area contributed by atoms with Crippen molar-refractivity contribution in [1.82, 2.24) is 14.9 Å². The molecule has 156 valence electrons. The van der Waals surface area contributed by atoms with E-state index in [1.165, 1.54) is 11.0 Å². The second kappa shape index (κ2) is 8.89. The summed E-state index contributed by atoms with van der Waals surface area (Å²) in [5.74, 6) is 2.02. The topological polar surface area (TPSA) is 68.7 Å². The van der Waals surface area contributed by atoms with E-state index in [0.717, 1.165) is 42.1 Å². The number of morpholine rings is 1. The highest BCUT2D eigenvalue weighted by molar-refractivity contribution is 6.33. The SMILES string of the molecule is Bc1ccc(Nc2ncnc3cc(OCC4CN(C)CCO4)c(OC)cc23)cc1C. The van der Waals surface area contributed by atoms with Gasteiger partial charge in [-0.15, -0.1) is 0 Å². The molecule has 1 aromatic heterocycles. The zero-order chi connectivity index (χ0) is 21.1. The largest absolute Gasteiger partial charge is 0.493 e. The number of aromatic nitrogens is 2. The van der Waals surface area contributed by atoms with Crippen molar-refractivity contribution < 1.29 is 14.2 Å². The van der Waals surface area contributed by atoms with Crippen LogP contribution in [0.5, 0.6) is 11.5 Å². The molecular weight excluding hydrogens is 379 g/mol. The third-order valence-electron chi connectivity index (χ3n) is 5.46. The van der Waals surface area contributed by atoms with Gasteiger partial charge in [0.05, 0.1) is 19.2 Å². The molecule has 0 spiro atoms. The van der Waals surface area contributed by atoms with Crippen molar-refractivity contribution in [3.05, 3.63) is 42.2 Å². The molecule has 0 amide bonds. The fourth-order valence-corrected chi connectivity index (χ4v) is 3.54. The molecule has 3 aromatic rings. The van der Waals surface area contributed by atoms with Gasteiger partial charge < -0.3 is 24.4 Å². The Kier molecular flexibility index (Phi) is 6.06. The van der Waals surface area contributed by atoms with Gasteiger partial charge in [0.15, 0.2) is 11.5 Å². The molecule has 0 bridgehead atoms. The average Bonchev–Trinajstić information content (AvgIpc) is 2.74. The molecule has 2 aromatic carbocycles. The molecule has 1 aliphatic rings. The summed E-state index contributed by atoms with van der Waals surface area (Å²) in [7, 11) is 5.83. The Hall–Kier alpha value is -2.84. The lowest BCUT2D eigenvalue weighted by Crippen LogP contribution is -2.42. The van der Waals surface area contributed by atoms with Gasteiger partial charge in [-0.05, 0) is 32.2 Å². The highest BCUT2D eigenvalue weighted by atomic mass is 16.5. The minimum absolute atomic E-state index is 0.0385. The van der Waals surface area contributed by atoms with Crippen molar-refractivity contribution in [3.63, 3.8) is 0 Å². The lowest BCUT2D eigenvalue weighted by molar-refractivity contribution is -0.0406. The van der Waals surface area contributed by atoms with E-state index in [9.17, 15) is 0 Å². The normalized spacial score (nSPS) is 17.1. The molecule has 1 N–H and O–H groups in total. The Morgan fingerprint density at radius 1 is 1.23 bits per heavy atom. The number of benzene rings is 2. The summed E-state index contributed by atoms with van der Waals surface area (Å²) in [5.41, 5.74) is 4.25. The van der Waals surface area contributed by atoms with E-state index in [1.807, 2.05) is 18.2 Å². The standard InChI is InChI=1S/C22H27BN4O3/c1-14-8-15(4-5-18(14)23)26-22-17-9-20(28-3)21(10-19(17)24-13-25-22)30-12-16-11-27(2)6-7-29-16/h4-5,8-10,13,16H,6-7,11-12,23H2,1-3H3,(H,24,25,26). The van der Waals surface area contributed by atoms with Crippen LogP contribution in [0.2, 0.25) is 0 Å². The molecule has 1 saturated heterocycles. The monoisotopic (exact) mass is 406 g/mol. The van der Waals surface area contributed by atoms with Crippen LogP contribution in [-0.4, -0.2) is 69.3 Å². The number of fused-ring (bicyclic) bond motifs is 1. The number of hydrogen-bond donors (Lipinski definition) is 1. The van der Waals surface area contributed by atoms with Gasteiger partial charge in [0, 0.05) is 30.2 Å². The number of nitrogens with one attached hydrogen (secondary N) is 1. The average molecular weight is 406 g/mol. The number of anilines is 2. The summed E-state index contributed by atoms with van der Waals surface area (Å²) in [5, 5.41) is 4.27. The Morgan fingerprint density at radius 2 is 2.10 bits per heavy atom. The van der Waals surface area contributed by atoms with Crippen molar-refractivity contribution in [2.45, 2.75) is 13.0 Å². The number of rotatable bonds is 6. The van der Waals surface area contributed by atoms with Crippen molar-refractivity contribution in [3.8, 4) is 11.5 Å². The molecule has 8 heteroatoms. The Morgan fingerprint density at radius 3 is 2.87 bits per heavy atom. The van der Waals surface area contributed by atoms with Crippen LogP contribution in [0, 0.1) is 6.92 Å². The molecule has 1 atom stereocenters. The number of likely N-dealkylation sites (N-methyl/N-ethyl adjacent to an activating group) is 1. The van der Waals surface area contributed by atoms with E-state index in [-0.39, 0.29) is 6.10 Å². The smallest absolute Gasteiger partial charge is 0.163 e. The highest BCUT2D eigenvalue weighted by Gasteiger charge is 2.20. The number of hydrogen-bond acceptors (Lipinski definition) is 7. The molecule has 0 aliphatic carbocycles. The molecular formula is C22H27BN4O3. The molecule has 1 aliphatic heterocycles. The van der Waals surface area contributed by atoms with Gasteiger partial charge in [-0.3, -0.25) is 0 Å². The first-order chi connectivity index (χ1) is 14.5. The van der Waals surface area contributed by atoms with Gasteiger partial charge in [-0.1, -0.05) is 17.1 Å². The first-order valence-corrected chi connectivity index (χ1v) is 10.1. The molecule has 30 heavy (non-hydrogen) atoms. The predicted octanol–water partition coefficient (Wildman–Crippen LogP) is 1.66. The van der Waals surface area contributed by atoms with Crippen LogP contribution in [0.1, 0.15) is 5.56 Å².